The number of hydrogen-bond donors (Lipinski definition) is 0. The maximum Gasteiger partial charge on any atom is 0.416 e. The van der Waals surface area contributed by atoms with E-state index in [1.165, 1.54) is 4.90 Å². The summed E-state index contributed by atoms with van der Waals surface area (Å²) < 4.78 is 84.3. The summed E-state index contributed by atoms with van der Waals surface area (Å²) in [5.41, 5.74) is -3.94. The van der Waals surface area contributed by atoms with Crippen molar-refractivity contribution in [3.05, 3.63) is 34.9 Å². The fraction of sp³-hybridized carbons (Fsp3) is 0.682. The third-order valence-electron chi connectivity index (χ3n) is 4.44. The smallest absolute Gasteiger partial charge is 0.416 e. The van der Waals surface area contributed by atoms with Crippen LogP contribution in [0, 0.1) is 11.8 Å². The van der Waals surface area contributed by atoms with Crippen LogP contribution in [0.5, 0.6) is 0 Å². The summed E-state index contributed by atoms with van der Waals surface area (Å²) in [5.74, 6) is 0.415. The van der Waals surface area contributed by atoms with E-state index in [-0.39, 0.29) is 24.1 Å². The molecule has 1 atom stereocenters. The number of amides is 1. The Hall–Kier alpha value is -1.93. The van der Waals surface area contributed by atoms with Crippen LogP contribution in [0.15, 0.2) is 18.2 Å². The first-order valence-corrected chi connectivity index (χ1v) is 10.1. The van der Waals surface area contributed by atoms with Gasteiger partial charge in [-0.05, 0) is 62.8 Å². The first-order valence-electron chi connectivity index (χ1n) is 10.1. The summed E-state index contributed by atoms with van der Waals surface area (Å²) in [4.78, 5) is 13.8. The van der Waals surface area contributed by atoms with Crippen molar-refractivity contribution in [1.29, 1.82) is 0 Å². The zero-order valence-corrected chi connectivity index (χ0v) is 18.7. The largest absolute Gasteiger partial charge is 0.444 e. The van der Waals surface area contributed by atoms with Gasteiger partial charge in [-0.2, -0.15) is 26.3 Å². The molecule has 0 aromatic heterocycles. The summed E-state index contributed by atoms with van der Waals surface area (Å²) in [6.45, 7) is 10.6. The highest BCUT2D eigenvalue weighted by atomic mass is 19.4. The number of rotatable bonds is 7. The minimum atomic E-state index is -4.95. The summed E-state index contributed by atoms with van der Waals surface area (Å²) in [5, 5.41) is 0. The Bertz CT molecular complexity index is 703. The molecule has 0 N–H and O–H groups in total. The number of carbonyl (C=O) groups excluding carboxylic acids is 1. The fourth-order valence-electron chi connectivity index (χ4n) is 2.95. The molecule has 9 heteroatoms. The summed E-state index contributed by atoms with van der Waals surface area (Å²) in [6, 6.07) is 1.36. The Kier molecular flexibility index (Phi) is 8.85. The van der Waals surface area contributed by atoms with Crippen molar-refractivity contribution in [3.8, 4) is 0 Å². The molecule has 0 spiro atoms. The number of benzene rings is 1. The topological polar surface area (TPSA) is 29.5 Å². The van der Waals surface area contributed by atoms with Gasteiger partial charge in [-0.15, -0.1) is 0 Å². The van der Waals surface area contributed by atoms with Crippen LogP contribution < -0.4 is 0 Å². The van der Waals surface area contributed by atoms with E-state index < -0.39 is 41.7 Å². The highest BCUT2D eigenvalue weighted by Gasteiger charge is 2.37. The molecule has 0 bridgehead atoms. The van der Waals surface area contributed by atoms with E-state index in [0.29, 0.717) is 18.1 Å². The molecule has 0 aliphatic rings. The van der Waals surface area contributed by atoms with Gasteiger partial charge in [0.05, 0.1) is 11.1 Å². The summed E-state index contributed by atoms with van der Waals surface area (Å²) in [6.07, 6.45) is -9.04. The van der Waals surface area contributed by atoms with Crippen LogP contribution in [0.1, 0.15) is 71.1 Å². The number of ether oxygens (including phenoxy) is 1. The molecule has 1 aromatic carbocycles. The summed E-state index contributed by atoms with van der Waals surface area (Å²) in [7, 11) is 0. The van der Waals surface area contributed by atoms with Crippen LogP contribution in [0.3, 0.4) is 0 Å². The molecular formula is C22H31F6NO2. The molecule has 31 heavy (non-hydrogen) atoms. The normalized spacial score (nSPS) is 14.0. The van der Waals surface area contributed by atoms with E-state index in [0.717, 1.165) is 12.8 Å². The van der Waals surface area contributed by atoms with E-state index in [1.807, 2.05) is 20.8 Å². The van der Waals surface area contributed by atoms with Gasteiger partial charge in [-0.1, -0.05) is 27.2 Å². The van der Waals surface area contributed by atoms with E-state index in [2.05, 4.69) is 0 Å². The van der Waals surface area contributed by atoms with Gasteiger partial charge in [0.25, 0.3) is 0 Å². The fourth-order valence-corrected chi connectivity index (χ4v) is 2.95. The second-order valence-electron chi connectivity index (χ2n) is 9.35. The highest BCUT2D eigenvalue weighted by molar-refractivity contribution is 5.68. The van der Waals surface area contributed by atoms with E-state index in [4.69, 9.17) is 4.74 Å². The SMILES string of the molecule is CC(C)CC[C@H](C)CN(Cc1cc(C(F)(F)F)cc(C(F)(F)F)c1)C(=O)OC(C)(C)C. The third kappa shape index (κ3) is 9.82. The van der Waals surface area contributed by atoms with Crippen molar-refractivity contribution < 1.29 is 35.9 Å². The molecule has 0 saturated heterocycles. The third-order valence-corrected chi connectivity index (χ3v) is 4.44. The van der Waals surface area contributed by atoms with Gasteiger partial charge >= 0.3 is 18.4 Å². The van der Waals surface area contributed by atoms with Crippen LogP contribution in [-0.2, 0) is 23.6 Å². The predicted octanol–water partition coefficient (Wildman–Crippen LogP) is 7.53. The van der Waals surface area contributed by atoms with Gasteiger partial charge < -0.3 is 9.64 Å². The van der Waals surface area contributed by atoms with Crippen LogP contribution in [0.2, 0.25) is 0 Å². The Morgan fingerprint density at radius 2 is 1.39 bits per heavy atom. The predicted molar refractivity (Wildman–Crippen MR) is 106 cm³/mol. The number of hydrogen-bond acceptors (Lipinski definition) is 2. The van der Waals surface area contributed by atoms with Gasteiger partial charge in [-0.25, -0.2) is 4.79 Å². The molecule has 0 radical (unpaired) electrons. The quantitative estimate of drug-likeness (QED) is 0.398. The second-order valence-corrected chi connectivity index (χ2v) is 9.35. The van der Waals surface area contributed by atoms with E-state index in [1.54, 1.807) is 20.8 Å². The minimum Gasteiger partial charge on any atom is -0.444 e. The maximum atomic E-state index is 13.2. The summed E-state index contributed by atoms with van der Waals surface area (Å²) >= 11 is 0. The molecule has 0 heterocycles. The molecule has 0 saturated carbocycles. The average Bonchev–Trinajstić information content (AvgIpc) is 2.56. The number of carbonyl (C=O) groups is 1. The Balaban J connectivity index is 3.26. The Morgan fingerprint density at radius 1 is 0.903 bits per heavy atom. The standard InChI is InChI=1S/C22H31F6NO2/c1-14(2)7-8-15(3)12-29(19(30)31-20(4,5)6)13-16-9-17(21(23,24)25)11-18(10-16)22(26,27)28/h9-11,14-15H,7-8,12-13H2,1-6H3/t15-/m0/s1. The van der Waals surface area contributed by atoms with Crippen LogP contribution in [0.25, 0.3) is 0 Å². The molecule has 178 valence electrons. The molecule has 0 unspecified atom stereocenters. The molecule has 1 aromatic rings. The first kappa shape index (κ1) is 27.1. The van der Waals surface area contributed by atoms with Crippen LogP contribution >= 0.6 is 0 Å². The molecule has 1 amide bonds. The first-order chi connectivity index (χ1) is 13.9. The molecule has 0 aliphatic carbocycles. The van der Waals surface area contributed by atoms with Crippen LogP contribution in [0.4, 0.5) is 31.1 Å². The zero-order chi connectivity index (χ0) is 24.2. The zero-order valence-electron chi connectivity index (χ0n) is 18.7. The van der Waals surface area contributed by atoms with Gasteiger partial charge in [-0.3, -0.25) is 0 Å². The van der Waals surface area contributed by atoms with Crippen molar-refractivity contribution in [2.24, 2.45) is 11.8 Å². The maximum absolute atomic E-state index is 13.2. The van der Waals surface area contributed by atoms with Gasteiger partial charge in [0, 0.05) is 13.1 Å². The van der Waals surface area contributed by atoms with E-state index in [9.17, 15) is 31.1 Å². The highest BCUT2D eigenvalue weighted by Crippen LogP contribution is 2.36. The van der Waals surface area contributed by atoms with Crippen molar-refractivity contribution in [2.45, 2.75) is 78.9 Å². The van der Waals surface area contributed by atoms with Crippen molar-refractivity contribution in [1.82, 2.24) is 4.90 Å². The lowest BCUT2D eigenvalue weighted by Crippen LogP contribution is -2.39. The van der Waals surface area contributed by atoms with Crippen molar-refractivity contribution >= 4 is 6.09 Å². The molecule has 3 nitrogen and oxygen atoms in total. The molecule has 1 rings (SSSR count). The molecule has 0 aliphatic heterocycles. The molecule has 0 fully saturated rings. The van der Waals surface area contributed by atoms with Gasteiger partial charge in [0.1, 0.15) is 5.60 Å². The van der Waals surface area contributed by atoms with Gasteiger partial charge in [0.15, 0.2) is 0 Å². The lowest BCUT2D eigenvalue weighted by molar-refractivity contribution is -0.143. The monoisotopic (exact) mass is 455 g/mol. The minimum absolute atomic E-state index is 0.0113. The number of nitrogens with zero attached hydrogens (tertiary/aromatic N) is 1. The second kappa shape index (κ2) is 10.1. The van der Waals surface area contributed by atoms with Crippen molar-refractivity contribution in [2.75, 3.05) is 6.54 Å². The lowest BCUT2D eigenvalue weighted by atomic mass is 9.98. The average molecular weight is 455 g/mol. The van der Waals surface area contributed by atoms with Gasteiger partial charge in [0.2, 0.25) is 0 Å². The lowest BCUT2D eigenvalue weighted by Gasteiger charge is -2.30. The Morgan fingerprint density at radius 3 is 1.77 bits per heavy atom. The Labute approximate surface area is 179 Å². The number of alkyl halides is 6. The molecular weight excluding hydrogens is 424 g/mol. The van der Waals surface area contributed by atoms with E-state index >= 15 is 0 Å². The van der Waals surface area contributed by atoms with Crippen LogP contribution in [-0.4, -0.2) is 23.1 Å². The number of halogens is 6. The van der Waals surface area contributed by atoms with Crippen molar-refractivity contribution in [3.63, 3.8) is 0 Å².